The summed E-state index contributed by atoms with van der Waals surface area (Å²) in [4.78, 5) is 7.92. The van der Waals surface area contributed by atoms with Crippen LogP contribution in [0.1, 0.15) is 21.9 Å². The number of benzene rings is 7. The molecule has 1 aliphatic carbocycles. The summed E-state index contributed by atoms with van der Waals surface area (Å²) >= 11 is 4.38. The van der Waals surface area contributed by atoms with Crippen molar-refractivity contribution >= 4 is 60.6 Å². The Hall–Kier alpha value is -6.34. The van der Waals surface area contributed by atoms with E-state index in [0.717, 1.165) is 37.2 Å². The summed E-state index contributed by atoms with van der Waals surface area (Å²) in [6.07, 6.45) is 0. The van der Waals surface area contributed by atoms with Crippen molar-refractivity contribution in [3.63, 3.8) is 0 Å². The molecule has 58 heavy (non-hydrogen) atoms. The number of rotatable bonds is 6. The maximum atomic E-state index is 5.30. The van der Waals surface area contributed by atoms with Gasteiger partial charge in [0.05, 0.1) is 16.9 Å². The molecule has 0 N–H and O–H groups in total. The topological polar surface area (TPSA) is 17.8 Å². The molecule has 10 aromatic rings. The normalized spacial score (nSPS) is 13.5. The third-order valence-corrected chi connectivity index (χ3v) is 13.9. The Morgan fingerprint density at radius 3 is 1.84 bits per heavy atom. The number of allylic oxidation sites excluding steroid dienone is 1. The number of pyridine rings is 1. The molecule has 1 atom stereocenters. The van der Waals surface area contributed by atoms with Crippen LogP contribution >= 0.6 is 33.9 Å². The van der Waals surface area contributed by atoms with E-state index >= 15 is 0 Å². The van der Waals surface area contributed by atoms with Gasteiger partial charge in [-0.15, -0.1) is 11.3 Å². The summed E-state index contributed by atoms with van der Waals surface area (Å²) in [5.41, 5.74) is 17.4. The summed E-state index contributed by atoms with van der Waals surface area (Å²) in [6.45, 7) is 4.94. The number of nitrogens with zero attached hydrogens (tertiary/aromatic N) is 2. The molecule has 274 valence electrons. The molecule has 0 saturated carbocycles. The minimum absolute atomic E-state index is 0.0216. The predicted molar refractivity (Wildman–Crippen MR) is 254 cm³/mol. The van der Waals surface area contributed by atoms with Gasteiger partial charge >= 0.3 is 0 Å². The first-order valence-electron chi connectivity index (χ1n) is 19.5. The highest BCUT2D eigenvalue weighted by molar-refractivity contribution is 14.1. The van der Waals surface area contributed by atoms with Gasteiger partial charge in [0.2, 0.25) is 0 Å². The average molecular weight is 871 g/mol. The molecule has 0 fully saturated rings. The first-order valence-corrected chi connectivity index (χ1v) is 21.4. The molecule has 1 aliphatic rings. The molecule has 1 unspecified atom stereocenters. The van der Waals surface area contributed by atoms with Crippen LogP contribution in [0.25, 0.3) is 88.3 Å². The Kier molecular flexibility index (Phi) is 8.56. The van der Waals surface area contributed by atoms with Crippen molar-refractivity contribution in [2.24, 2.45) is 0 Å². The lowest BCUT2D eigenvalue weighted by Gasteiger charge is -2.30. The van der Waals surface area contributed by atoms with Crippen molar-refractivity contribution < 1.29 is 0 Å². The van der Waals surface area contributed by atoms with E-state index in [1.165, 1.54) is 70.6 Å². The van der Waals surface area contributed by atoms with E-state index in [1.807, 2.05) is 11.3 Å². The van der Waals surface area contributed by atoms with Crippen LogP contribution < -0.4 is 0 Å². The SMILES string of the molecule is C=C1c2c(-c3ccc(-c4cc(-c5ccccc5)c(I)c(-c5ccccc5)n4)cc3)cccc2-c2c(sc3c2c2ccccc2n3-c2ccccc2)C1c1ccccc1. The van der Waals surface area contributed by atoms with Gasteiger partial charge in [-0.05, 0) is 91.4 Å². The summed E-state index contributed by atoms with van der Waals surface area (Å²) in [5.74, 6) is 0.0216. The van der Waals surface area contributed by atoms with Crippen LogP contribution in [0.5, 0.6) is 0 Å². The third kappa shape index (κ3) is 5.62. The molecule has 0 saturated heterocycles. The van der Waals surface area contributed by atoms with E-state index in [-0.39, 0.29) is 5.92 Å². The predicted octanol–water partition coefficient (Wildman–Crippen LogP) is 15.3. The largest absolute Gasteiger partial charge is 0.301 e. The molecule has 0 radical (unpaired) electrons. The van der Waals surface area contributed by atoms with E-state index in [1.54, 1.807) is 0 Å². The zero-order valence-electron chi connectivity index (χ0n) is 31.4. The third-order valence-electron chi connectivity index (χ3n) is 11.5. The Balaban J connectivity index is 1.10. The van der Waals surface area contributed by atoms with Gasteiger partial charge in [-0.3, -0.25) is 0 Å². The monoisotopic (exact) mass is 870 g/mol. The van der Waals surface area contributed by atoms with E-state index in [2.05, 4.69) is 221 Å². The van der Waals surface area contributed by atoms with E-state index in [4.69, 9.17) is 11.6 Å². The maximum Gasteiger partial charge on any atom is 0.109 e. The van der Waals surface area contributed by atoms with Crippen LogP contribution in [0.15, 0.2) is 201 Å². The van der Waals surface area contributed by atoms with Crippen LogP contribution in [-0.2, 0) is 0 Å². The first kappa shape index (κ1) is 34.9. The number of fused-ring (bicyclic) bond motifs is 7. The van der Waals surface area contributed by atoms with Gasteiger partial charge in [-0.25, -0.2) is 4.98 Å². The summed E-state index contributed by atoms with van der Waals surface area (Å²) in [7, 11) is 0. The average Bonchev–Trinajstić information content (AvgIpc) is 3.82. The summed E-state index contributed by atoms with van der Waals surface area (Å²) < 4.78 is 3.60. The van der Waals surface area contributed by atoms with Gasteiger partial charge in [0.25, 0.3) is 0 Å². The Morgan fingerprint density at radius 1 is 0.534 bits per heavy atom. The molecule has 7 aromatic carbocycles. The number of hydrogen-bond donors (Lipinski definition) is 0. The van der Waals surface area contributed by atoms with Crippen molar-refractivity contribution in [1.29, 1.82) is 0 Å². The second-order valence-corrected chi connectivity index (χ2v) is 16.9. The lowest BCUT2D eigenvalue weighted by Crippen LogP contribution is -2.10. The zero-order valence-corrected chi connectivity index (χ0v) is 34.4. The number of hydrogen-bond acceptors (Lipinski definition) is 2. The van der Waals surface area contributed by atoms with Gasteiger partial charge in [0.1, 0.15) is 4.83 Å². The fraction of sp³-hybridized carbons (Fsp3) is 0.0185. The lowest BCUT2D eigenvalue weighted by molar-refractivity contribution is 1.07. The van der Waals surface area contributed by atoms with E-state index < -0.39 is 0 Å². The van der Waals surface area contributed by atoms with Crippen LogP contribution in [0.3, 0.4) is 0 Å². The summed E-state index contributed by atoms with van der Waals surface area (Å²) in [6, 6.07) is 69.8. The molecule has 0 bridgehead atoms. The molecular formula is C54H35IN2S. The molecule has 0 amide bonds. The smallest absolute Gasteiger partial charge is 0.109 e. The second kappa shape index (κ2) is 14.2. The van der Waals surface area contributed by atoms with Gasteiger partial charge < -0.3 is 4.57 Å². The lowest BCUT2D eigenvalue weighted by atomic mass is 9.74. The first-order chi connectivity index (χ1) is 28.6. The van der Waals surface area contributed by atoms with Gasteiger partial charge in [0.15, 0.2) is 0 Å². The van der Waals surface area contributed by atoms with Crippen LogP contribution in [0, 0.1) is 3.57 Å². The Morgan fingerprint density at radius 2 is 1.12 bits per heavy atom. The van der Waals surface area contributed by atoms with E-state index in [0.29, 0.717) is 0 Å². The van der Waals surface area contributed by atoms with Gasteiger partial charge in [0, 0.05) is 47.5 Å². The highest BCUT2D eigenvalue weighted by atomic mass is 127. The fourth-order valence-electron chi connectivity index (χ4n) is 8.90. The fourth-order valence-corrected chi connectivity index (χ4v) is 11.3. The van der Waals surface area contributed by atoms with E-state index in [9.17, 15) is 0 Å². The van der Waals surface area contributed by atoms with Crippen LogP contribution in [0.2, 0.25) is 0 Å². The Bertz CT molecular complexity index is 3100. The van der Waals surface area contributed by atoms with Crippen LogP contribution in [0.4, 0.5) is 0 Å². The molecule has 4 heteroatoms. The minimum Gasteiger partial charge on any atom is -0.301 e. The van der Waals surface area contributed by atoms with Crippen molar-refractivity contribution in [3.05, 3.63) is 220 Å². The van der Waals surface area contributed by atoms with Crippen molar-refractivity contribution in [3.8, 4) is 61.6 Å². The van der Waals surface area contributed by atoms with Crippen molar-refractivity contribution in [1.82, 2.24) is 9.55 Å². The number of thiophene rings is 1. The Labute approximate surface area is 355 Å². The molecule has 3 heterocycles. The quantitative estimate of drug-likeness (QED) is 0.152. The molecule has 11 rings (SSSR count). The van der Waals surface area contributed by atoms with Gasteiger partial charge in [-0.1, -0.05) is 176 Å². The number of halogens is 1. The van der Waals surface area contributed by atoms with Crippen LogP contribution in [-0.4, -0.2) is 9.55 Å². The second-order valence-electron chi connectivity index (χ2n) is 14.8. The number of para-hydroxylation sites is 2. The summed E-state index contributed by atoms with van der Waals surface area (Å²) in [5, 5.41) is 2.59. The molecule has 2 nitrogen and oxygen atoms in total. The standard InChI is InChI=1S/C54H35IN2S/c1-34-47(38-19-8-3-9-20-38)53-49(50-42-25-14-15-28-46(42)57(54(50)58-53)40-23-12-5-13-24-40)43-27-16-26-41(48(34)43)36-29-31-37(32-30-36)45-33-44(35-17-6-2-7-18-35)51(55)52(56-45)39-21-10-4-11-22-39/h2-33,47H,1H2. The molecule has 3 aromatic heterocycles. The molecule has 0 spiro atoms. The molecule has 0 aliphatic heterocycles. The molecular weight excluding hydrogens is 836 g/mol. The zero-order chi connectivity index (χ0) is 38.7. The van der Waals surface area contributed by atoms with Crippen molar-refractivity contribution in [2.75, 3.05) is 0 Å². The highest BCUT2D eigenvalue weighted by Crippen LogP contribution is 2.58. The minimum atomic E-state index is 0.0216. The van der Waals surface area contributed by atoms with Gasteiger partial charge in [-0.2, -0.15) is 0 Å². The maximum absolute atomic E-state index is 5.30. The van der Waals surface area contributed by atoms with Crippen molar-refractivity contribution in [2.45, 2.75) is 5.92 Å². The highest BCUT2D eigenvalue weighted by Gasteiger charge is 2.36. The number of aromatic nitrogens is 2.